The molecule has 1 saturated heterocycles. The van der Waals surface area contributed by atoms with Gasteiger partial charge in [-0.2, -0.15) is 10.1 Å². The summed E-state index contributed by atoms with van der Waals surface area (Å²) in [7, 11) is 3.72. The summed E-state index contributed by atoms with van der Waals surface area (Å²) in [6, 6.07) is 4.06. The molecule has 1 fully saturated rings. The normalized spacial score (nSPS) is 15.7. The summed E-state index contributed by atoms with van der Waals surface area (Å²) in [5, 5.41) is 4.75. The summed E-state index contributed by atoms with van der Waals surface area (Å²) in [5.74, 6) is 1.54. The number of nitrogen functional groups attached to an aromatic ring is 1. The lowest BCUT2D eigenvalue weighted by atomic mass is 10.1. The van der Waals surface area contributed by atoms with Crippen molar-refractivity contribution in [3.63, 3.8) is 0 Å². The Balaban J connectivity index is 1.65. The first-order chi connectivity index (χ1) is 15.5. The highest BCUT2D eigenvalue weighted by Gasteiger charge is 2.22. The maximum atomic E-state index is 6.02. The molecule has 0 atom stereocenters. The highest BCUT2D eigenvalue weighted by molar-refractivity contribution is 5.80. The molecule has 4 rings (SSSR count). The molecule has 3 aromatic heterocycles. The summed E-state index contributed by atoms with van der Waals surface area (Å²) in [6.07, 6.45) is 9.07. The molecule has 0 bridgehead atoms. The summed E-state index contributed by atoms with van der Waals surface area (Å²) >= 11 is 0. The molecule has 1 aliphatic rings. The van der Waals surface area contributed by atoms with E-state index in [9.17, 15) is 0 Å². The van der Waals surface area contributed by atoms with Crippen LogP contribution in [0.15, 0.2) is 41.9 Å². The number of nitrogens with two attached hydrogens (primary N) is 1. The molecule has 10 nitrogen and oxygen atoms in total. The summed E-state index contributed by atoms with van der Waals surface area (Å²) in [5.41, 5.74) is 8.32. The minimum absolute atomic E-state index is 0.226. The first-order valence-corrected chi connectivity index (χ1v) is 10.5. The van der Waals surface area contributed by atoms with Crippen LogP contribution in [0, 0.1) is 0 Å². The number of ether oxygens (including phenoxy) is 2. The fourth-order valence-corrected chi connectivity index (χ4v) is 3.53. The fourth-order valence-electron chi connectivity index (χ4n) is 3.53. The molecule has 3 aromatic rings. The number of rotatable bonds is 6. The number of anilines is 1. The number of hydrogen-bond donors (Lipinski definition) is 1. The van der Waals surface area contributed by atoms with Crippen LogP contribution in [0.2, 0.25) is 0 Å². The highest BCUT2D eigenvalue weighted by atomic mass is 16.5. The van der Waals surface area contributed by atoms with Crippen LogP contribution in [0.5, 0.6) is 5.88 Å². The predicted octanol–water partition coefficient (Wildman–Crippen LogP) is 2.86. The number of aromatic nitrogens is 5. The molecule has 0 saturated carbocycles. The number of pyridine rings is 1. The average molecular weight is 437 g/mol. The van der Waals surface area contributed by atoms with Crippen molar-refractivity contribution < 1.29 is 9.47 Å². The zero-order valence-electron chi connectivity index (χ0n) is 18.6. The maximum Gasteiger partial charge on any atom is 0.258 e. The van der Waals surface area contributed by atoms with Crippen LogP contribution in [-0.4, -0.2) is 62.8 Å². The third-order valence-corrected chi connectivity index (χ3v) is 5.50. The zero-order valence-corrected chi connectivity index (χ0v) is 18.6. The number of hydrogen-bond acceptors (Lipinski definition) is 9. The second-order valence-corrected chi connectivity index (χ2v) is 7.81. The van der Waals surface area contributed by atoms with Crippen LogP contribution in [0.3, 0.4) is 0 Å². The van der Waals surface area contributed by atoms with Crippen LogP contribution in [0.25, 0.3) is 11.3 Å². The average Bonchev–Trinajstić information content (AvgIpc) is 3.23. The van der Waals surface area contributed by atoms with Crippen molar-refractivity contribution >= 4 is 17.5 Å². The Morgan fingerprint density at radius 3 is 2.72 bits per heavy atom. The minimum Gasteiger partial charge on any atom is -0.484 e. The number of nitrogens with zero attached hydrogens (tertiary/aromatic N) is 7. The van der Waals surface area contributed by atoms with Gasteiger partial charge in [-0.1, -0.05) is 0 Å². The lowest BCUT2D eigenvalue weighted by Crippen LogP contribution is -2.31. The van der Waals surface area contributed by atoms with E-state index in [1.807, 2.05) is 23.0 Å². The lowest BCUT2D eigenvalue weighted by Gasteiger charge is -2.28. The van der Waals surface area contributed by atoms with Crippen molar-refractivity contribution in [1.82, 2.24) is 29.6 Å². The highest BCUT2D eigenvalue weighted by Crippen LogP contribution is 2.33. The van der Waals surface area contributed by atoms with Crippen molar-refractivity contribution in [2.45, 2.75) is 32.4 Å². The van der Waals surface area contributed by atoms with Gasteiger partial charge in [-0.3, -0.25) is 9.67 Å². The molecule has 10 heteroatoms. The second kappa shape index (κ2) is 9.73. The van der Waals surface area contributed by atoms with E-state index in [-0.39, 0.29) is 11.7 Å². The molecule has 0 amide bonds. The third-order valence-electron chi connectivity index (χ3n) is 5.50. The van der Waals surface area contributed by atoms with Crippen LogP contribution in [0.4, 0.5) is 11.6 Å². The molecule has 0 unspecified atom stereocenters. The Bertz CT molecular complexity index is 1070. The van der Waals surface area contributed by atoms with Crippen molar-refractivity contribution in [3.8, 4) is 17.1 Å². The minimum atomic E-state index is 0.226. The number of methoxy groups -OCH3 is 1. The standard InChI is InChI=1S/C22H28N8O2/c1-15(31-3)26-21-18(13-30(28-21)17-6-10-29(2)11-7-17)19-12-25-20(23)22(27-19)32-14-16-4-8-24-9-5-16/h4-5,8-9,12-13,17H,6-7,10-11,14H2,1-3H3,(H2,23,25). The van der Waals surface area contributed by atoms with Crippen molar-refractivity contribution in [2.24, 2.45) is 4.99 Å². The molecular formula is C22H28N8O2. The van der Waals surface area contributed by atoms with E-state index in [0.29, 0.717) is 30.1 Å². The number of aliphatic imine (C=N–C) groups is 1. The molecule has 2 N–H and O–H groups in total. The predicted molar refractivity (Wildman–Crippen MR) is 122 cm³/mol. The molecule has 0 aromatic carbocycles. The fraction of sp³-hybridized carbons (Fsp3) is 0.409. The summed E-state index contributed by atoms with van der Waals surface area (Å²) in [4.78, 5) is 19.8. The second-order valence-electron chi connectivity index (χ2n) is 7.81. The Hall–Kier alpha value is -3.53. The van der Waals surface area contributed by atoms with Gasteiger partial charge in [-0.15, -0.1) is 0 Å². The largest absolute Gasteiger partial charge is 0.484 e. The van der Waals surface area contributed by atoms with Gasteiger partial charge >= 0.3 is 0 Å². The quantitative estimate of drug-likeness (QED) is 0.463. The van der Waals surface area contributed by atoms with Crippen LogP contribution < -0.4 is 10.5 Å². The van der Waals surface area contributed by atoms with Crippen LogP contribution in [0.1, 0.15) is 31.4 Å². The topological polar surface area (TPSA) is 117 Å². The Morgan fingerprint density at radius 1 is 1.25 bits per heavy atom. The van der Waals surface area contributed by atoms with Gasteiger partial charge in [-0.25, -0.2) is 9.97 Å². The van der Waals surface area contributed by atoms with Gasteiger partial charge in [0.05, 0.1) is 30.6 Å². The van der Waals surface area contributed by atoms with Gasteiger partial charge in [0.1, 0.15) is 6.61 Å². The van der Waals surface area contributed by atoms with Gasteiger partial charge in [0.25, 0.3) is 5.88 Å². The van der Waals surface area contributed by atoms with E-state index in [1.165, 1.54) is 0 Å². The van der Waals surface area contributed by atoms with E-state index >= 15 is 0 Å². The molecule has 0 radical (unpaired) electrons. The molecule has 0 spiro atoms. The first kappa shape index (κ1) is 21.7. The Morgan fingerprint density at radius 2 is 2.00 bits per heavy atom. The van der Waals surface area contributed by atoms with E-state index in [0.717, 1.165) is 37.1 Å². The summed E-state index contributed by atoms with van der Waals surface area (Å²) in [6.45, 7) is 4.16. The van der Waals surface area contributed by atoms with Crippen LogP contribution in [-0.2, 0) is 11.3 Å². The van der Waals surface area contributed by atoms with E-state index in [4.69, 9.17) is 20.3 Å². The third kappa shape index (κ3) is 5.02. The summed E-state index contributed by atoms with van der Waals surface area (Å²) < 4.78 is 13.1. The van der Waals surface area contributed by atoms with E-state index in [2.05, 4.69) is 31.9 Å². The Kier molecular flexibility index (Phi) is 6.60. The Labute approximate surface area is 187 Å². The van der Waals surface area contributed by atoms with Crippen molar-refractivity contribution in [3.05, 3.63) is 42.5 Å². The lowest BCUT2D eigenvalue weighted by molar-refractivity contribution is 0.212. The van der Waals surface area contributed by atoms with Gasteiger partial charge in [0, 0.05) is 25.5 Å². The van der Waals surface area contributed by atoms with Crippen molar-refractivity contribution in [2.75, 3.05) is 33.0 Å². The molecule has 0 aliphatic carbocycles. The molecule has 1 aliphatic heterocycles. The maximum absolute atomic E-state index is 6.02. The molecule has 168 valence electrons. The van der Waals surface area contributed by atoms with Crippen LogP contribution >= 0.6 is 0 Å². The molecule has 32 heavy (non-hydrogen) atoms. The van der Waals surface area contributed by atoms with Gasteiger partial charge in [0.15, 0.2) is 17.5 Å². The molecule has 4 heterocycles. The SMILES string of the molecule is COC(C)=Nc1nn(C2CCN(C)CC2)cc1-c1cnc(N)c(OCc2ccncc2)n1. The van der Waals surface area contributed by atoms with Crippen molar-refractivity contribution in [1.29, 1.82) is 0 Å². The van der Waals surface area contributed by atoms with Gasteiger partial charge in [-0.05, 0) is 50.7 Å². The number of likely N-dealkylation sites (tertiary alicyclic amines) is 1. The zero-order chi connectivity index (χ0) is 22.5. The smallest absolute Gasteiger partial charge is 0.258 e. The number of piperidine rings is 1. The van der Waals surface area contributed by atoms with E-state index < -0.39 is 0 Å². The van der Waals surface area contributed by atoms with Gasteiger partial charge in [0.2, 0.25) is 0 Å². The monoisotopic (exact) mass is 436 g/mol. The van der Waals surface area contributed by atoms with Gasteiger partial charge < -0.3 is 20.1 Å². The van der Waals surface area contributed by atoms with E-state index in [1.54, 1.807) is 32.6 Å². The first-order valence-electron chi connectivity index (χ1n) is 10.5. The molecular weight excluding hydrogens is 408 g/mol.